The topological polar surface area (TPSA) is 70.4 Å². The van der Waals surface area contributed by atoms with Crippen LogP contribution >= 0.6 is 24.0 Å². The molecule has 3 N–H and O–H groups in total. The van der Waals surface area contributed by atoms with Gasteiger partial charge < -0.3 is 20.5 Å². The lowest BCUT2D eigenvalue weighted by Gasteiger charge is -2.11. The fourth-order valence-electron chi connectivity index (χ4n) is 2.12. The number of carbonyl (C=O) groups is 1. The average molecular weight is 433 g/mol. The molecule has 0 aliphatic heterocycles. The third-order valence-electron chi connectivity index (χ3n) is 3.45. The Balaban J connectivity index is 0.00000264. The average Bonchev–Trinajstić information content (AvgIpc) is 3.15. The normalized spacial score (nSPS) is 14.0. The lowest BCUT2D eigenvalue weighted by molar-refractivity contribution is -0.121. The van der Waals surface area contributed by atoms with E-state index >= 15 is 0 Å². The van der Waals surface area contributed by atoms with Crippen molar-refractivity contribution in [1.29, 1.82) is 0 Å². The molecule has 1 aromatic rings. The third kappa shape index (κ3) is 8.83. The van der Waals surface area contributed by atoms with Crippen molar-refractivity contribution >= 4 is 35.8 Å². The molecule has 6 nitrogen and oxygen atoms in total. The van der Waals surface area contributed by atoms with Crippen LogP contribution in [0.15, 0.2) is 29.5 Å². The van der Waals surface area contributed by atoms with E-state index in [1.54, 1.807) is 0 Å². The van der Waals surface area contributed by atoms with E-state index in [0.717, 1.165) is 44.9 Å². The molecule has 1 aliphatic carbocycles. The van der Waals surface area contributed by atoms with Crippen molar-refractivity contribution in [2.75, 3.05) is 19.6 Å². The minimum Gasteiger partial charge on any atom is -0.357 e. The highest BCUT2D eigenvalue weighted by Crippen LogP contribution is 2.18. The van der Waals surface area contributed by atoms with Crippen molar-refractivity contribution in [3.05, 3.63) is 24.5 Å². The molecule has 1 amide bonds. The Bertz CT molecular complexity index is 471. The largest absolute Gasteiger partial charge is 0.357 e. The van der Waals surface area contributed by atoms with Crippen molar-refractivity contribution in [3.8, 4) is 0 Å². The standard InChI is InChI=1S/C16H27N5O.HI/c1-2-17-16(19-10-13-21-11-3-4-12-21)18-9-5-6-15(22)20-14-7-8-14;/h3-4,11-12,14H,2,5-10,13H2,1H3,(H,20,22)(H2,17,18,19);1H. The van der Waals surface area contributed by atoms with Gasteiger partial charge in [0.15, 0.2) is 5.96 Å². The number of nitrogens with one attached hydrogen (secondary N) is 3. The lowest BCUT2D eigenvalue weighted by Crippen LogP contribution is -2.39. The molecule has 7 heteroatoms. The van der Waals surface area contributed by atoms with Crippen LogP contribution in [0.4, 0.5) is 0 Å². The van der Waals surface area contributed by atoms with Crippen molar-refractivity contribution in [2.24, 2.45) is 4.99 Å². The summed E-state index contributed by atoms with van der Waals surface area (Å²) in [5, 5.41) is 9.52. The highest BCUT2D eigenvalue weighted by molar-refractivity contribution is 14.0. The zero-order chi connectivity index (χ0) is 15.6. The minimum absolute atomic E-state index is 0. The van der Waals surface area contributed by atoms with Crippen molar-refractivity contribution in [3.63, 3.8) is 0 Å². The van der Waals surface area contributed by atoms with E-state index in [9.17, 15) is 4.79 Å². The number of aliphatic imine (C=N–C) groups is 1. The van der Waals surface area contributed by atoms with Crippen LogP contribution in [0.5, 0.6) is 0 Å². The summed E-state index contributed by atoms with van der Waals surface area (Å²) in [6.45, 7) is 5.27. The number of carbonyl (C=O) groups excluding carboxylic acids is 1. The number of aromatic nitrogens is 1. The van der Waals surface area contributed by atoms with E-state index in [0.29, 0.717) is 19.0 Å². The summed E-state index contributed by atoms with van der Waals surface area (Å²) < 4.78 is 2.12. The van der Waals surface area contributed by atoms with Crippen LogP contribution in [0.3, 0.4) is 0 Å². The summed E-state index contributed by atoms with van der Waals surface area (Å²) in [5.41, 5.74) is 0. The Morgan fingerprint density at radius 2 is 2.00 bits per heavy atom. The molecule has 1 aliphatic rings. The van der Waals surface area contributed by atoms with E-state index in [-0.39, 0.29) is 29.9 Å². The summed E-state index contributed by atoms with van der Waals surface area (Å²) in [4.78, 5) is 16.1. The first-order chi connectivity index (χ1) is 10.8. The summed E-state index contributed by atoms with van der Waals surface area (Å²) in [7, 11) is 0. The van der Waals surface area contributed by atoms with Gasteiger partial charge in [0.05, 0.1) is 0 Å². The number of hydrogen-bond donors (Lipinski definition) is 3. The molecule has 0 aromatic carbocycles. The number of nitrogens with zero attached hydrogens (tertiary/aromatic N) is 2. The maximum atomic E-state index is 11.6. The Morgan fingerprint density at radius 3 is 2.65 bits per heavy atom. The van der Waals surface area contributed by atoms with Crippen LogP contribution in [0.25, 0.3) is 0 Å². The van der Waals surface area contributed by atoms with Gasteiger partial charge in [-0.05, 0) is 38.3 Å². The molecule has 0 atom stereocenters. The second kappa shape index (κ2) is 11.3. The molecule has 0 radical (unpaired) electrons. The predicted molar refractivity (Wildman–Crippen MR) is 104 cm³/mol. The van der Waals surface area contributed by atoms with Gasteiger partial charge in [-0.3, -0.25) is 9.79 Å². The van der Waals surface area contributed by atoms with Gasteiger partial charge in [0.1, 0.15) is 0 Å². The maximum Gasteiger partial charge on any atom is 0.220 e. The van der Waals surface area contributed by atoms with Crippen molar-refractivity contribution in [2.45, 2.75) is 45.2 Å². The van der Waals surface area contributed by atoms with Crippen LogP contribution in [-0.2, 0) is 11.3 Å². The van der Waals surface area contributed by atoms with E-state index in [1.165, 1.54) is 0 Å². The predicted octanol–water partition coefficient (Wildman–Crippen LogP) is 1.72. The zero-order valence-corrected chi connectivity index (χ0v) is 16.1. The van der Waals surface area contributed by atoms with E-state index < -0.39 is 0 Å². The zero-order valence-electron chi connectivity index (χ0n) is 13.8. The van der Waals surface area contributed by atoms with Gasteiger partial charge in [0.2, 0.25) is 5.91 Å². The van der Waals surface area contributed by atoms with Crippen LogP contribution in [0.2, 0.25) is 0 Å². The first kappa shape index (κ1) is 19.8. The maximum absolute atomic E-state index is 11.6. The Hall–Kier alpha value is -1.25. The second-order valence-corrected chi connectivity index (χ2v) is 5.55. The second-order valence-electron chi connectivity index (χ2n) is 5.55. The minimum atomic E-state index is 0. The molecular formula is C16H28IN5O. The fourth-order valence-corrected chi connectivity index (χ4v) is 2.12. The summed E-state index contributed by atoms with van der Waals surface area (Å²) >= 11 is 0. The van der Waals surface area contributed by atoms with E-state index in [2.05, 4.69) is 25.5 Å². The molecule has 1 fully saturated rings. The molecule has 1 saturated carbocycles. The third-order valence-corrected chi connectivity index (χ3v) is 3.45. The van der Waals surface area contributed by atoms with Crippen molar-refractivity contribution in [1.82, 2.24) is 20.5 Å². The van der Waals surface area contributed by atoms with Gasteiger partial charge in [-0.15, -0.1) is 24.0 Å². The fraction of sp³-hybridized carbons (Fsp3) is 0.625. The number of hydrogen-bond acceptors (Lipinski definition) is 2. The molecule has 1 aromatic heterocycles. The van der Waals surface area contributed by atoms with E-state index in [4.69, 9.17) is 0 Å². The number of amides is 1. The van der Waals surface area contributed by atoms with Crippen LogP contribution in [0, 0.1) is 0 Å². The van der Waals surface area contributed by atoms with Gasteiger partial charge in [-0.1, -0.05) is 0 Å². The molecule has 130 valence electrons. The van der Waals surface area contributed by atoms with Gasteiger partial charge in [0.25, 0.3) is 0 Å². The number of halogens is 1. The summed E-state index contributed by atoms with van der Waals surface area (Å²) in [5.74, 6) is 0.973. The molecule has 0 saturated heterocycles. The van der Waals surface area contributed by atoms with Crippen molar-refractivity contribution < 1.29 is 4.79 Å². The lowest BCUT2D eigenvalue weighted by atomic mass is 10.3. The molecule has 0 spiro atoms. The molecule has 0 unspecified atom stereocenters. The van der Waals surface area contributed by atoms with E-state index in [1.807, 2.05) is 31.5 Å². The Morgan fingerprint density at radius 1 is 1.26 bits per heavy atom. The first-order valence-corrected chi connectivity index (χ1v) is 8.20. The summed E-state index contributed by atoms with van der Waals surface area (Å²) in [6.07, 6.45) is 7.71. The molecule has 1 heterocycles. The SMILES string of the molecule is CCNC(=NCCCC(=O)NC1CC1)NCCn1cccc1.I. The highest BCUT2D eigenvalue weighted by Gasteiger charge is 2.22. The molecular weight excluding hydrogens is 405 g/mol. The van der Waals surface area contributed by atoms with Gasteiger partial charge >= 0.3 is 0 Å². The number of rotatable bonds is 9. The molecule has 23 heavy (non-hydrogen) atoms. The van der Waals surface area contributed by atoms with Crippen LogP contribution < -0.4 is 16.0 Å². The smallest absolute Gasteiger partial charge is 0.220 e. The highest BCUT2D eigenvalue weighted by atomic mass is 127. The Kier molecular flexibility index (Phi) is 9.74. The monoisotopic (exact) mass is 433 g/mol. The summed E-state index contributed by atoms with van der Waals surface area (Å²) in [6, 6.07) is 4.49. The van der Waals surface area contributed by atoms with Gasteiger partial charge in [0, 0.05) is 51.0 Å². The molecule has 0 bridgehead atoms. The van der Waals surface area contributed by atoms with Gasteiger partial charge in [-0.2, -0.15) is 0 Å². The van der Waals surface area contributed by atoms with Gasteiger partial charge in [-0.25, -0.2) is 0 Å². The molecule has 2 rings (SSSR count). The first-order valence-electron chi connectivity index (χ1n) is 8.20. The number of guanidine groups is 1. The van der Waals surface area contributed by atoms with Crippen LogP contribution in [0.1, 0.15) is 32.6 Å². The van der Waals surface area contributed by atoms with Crippen LogP contribution in [-0.4, -0.2) is 42.1 Å². The quantitative estimate of drug-likeness (QED) is 0.241. The Labute approximate surface area is 155 Å².